The SMILES string of the molecule is CC(C)OC(=O)C(C)NP(=O)(OCC1OC(C#N)(c2ccc3c(N)ncnn23)C(C)(O)C1OC(=O)C(C)C)Oc1ccccc1. The van der Waals surface area contributed by atoms with E-state index in [1.54, 1.807) is 52.0 Å². The molecule has 45 heavy (non-hydrogen) atoms. The van der Waals surface area contributed by atoms with E-state index < -0.39 is 67.8 Å². The Kier molecular flexibility index (Phi) is 9.86. The highest BCUT2D eigenvalue weighted by Crippen LogP contribution is 2.51. The number of nitrogens with one attached hydrogen (secondary N) is 1. The second kappa shape index (κ2) is 13.1. The van der Waals surface area contributed by atoms with Crippen molar-refractivity contribution in [1.29, 1.82) is 5.26 Å². The highest BCUT2D eigenvalue weighted by Gasteiger charge is 2.67. The number of hydrogen-bond acceptors (Lipinski definition) is 13. The summed E-state index contributed by atoms with van der Waals surface area (Å²) in [4.78, 5) is 29.3. The fourth-order valence-electron chi connectivity index (χ4n) is 4.79. The van der Waals surface area contributed by atoms with E-state index in [2.05, 4.69) is 15.2 Å². The molecule has 15 nitrogen and oxygen atoms in total. The van der Waals surface area contributed by atoms with Crippen molar-refractivity contribution < 1.29 is 42.5 Å². The van der Waals surface area contributed by atoms with Crippen LogP contribution in [0.2, 0.25) is 0 Å². The van der Waals surface area contributed by atoms with Gasteiger partial charge in [0, 0.05) is 0 Å². The molecule has 0 aliphatic carbocycles. The van der Waals surface area contributed by atoms with Gasteiger partial charge in [-0.05, 0) is 52.0 Å². The van der Waals surface area contributed by atoms with Gasteiger partial charge < -0.3 is 29.6 Å². The molecule has 0 radical (unpaired) electrons. The van der Waals surface area contributed by atoms with Crippen molar-refractivity contribution >= 4 is 31.0 Å². The Bertz CT molecular complexity index is 1620. The van der Waals surface area contributed by atoms with E-state index in [9.17, 15) is 24.5 Å². The fourth-order valence-corrected chi connectivity index (χ4v) is 6.29. The molecule has 16 heteroatoms. The molecular formula is C29H37N6O9P. The molecule has 242 valence electrons. The van der Waals surface area contributed by atoms with E-state index in [1.165, 1.54) is 42.9 Å². The molecule has 6 atom stereocenters. The average molecular weight is 645 g/mol. The zero-order valence-corrected chi connectivity index (χ0v) is 26.6. The Morgan fingerprint density at radius 2 is 1.87 bits per heavy atom. The molecule has 1 aliphatic heterocycles. The van der Waals surface area contributed by atoms with Crippen LogP contribution in [0.15, 0.2) is 48.8 Å². The number of fused-ring (bicyclic) bond motifs is 1. The van der Waals surface area contributed by atoms with Crippen molar-refractivity contribution in [2.45, 2.75) is 77.1 Å². The third kappa shape index (κ3) is 6.80. The van der Waals surface area contributed by atoms with Crippen LogP contribution in [0.3, 0.4) is 0 Å². The van der Waals surface area contributed by atoms with Crippen LogP contribution < -0.4 is 15.3 Å². The second-order valence-electron chi connectivity index (χ2n) is 11.3. The maximum absolute atomic E-state index is 14.1. The van der Waals surface area contributed by atoms with Crippen LogP contribution in [0.5, 0.6) is 5.75 Å². The van der Waals surface area contributed by atoms with Crippen molar-refractivity contribution in [1.82, 2.24) is 19.7 Å². The summed E-state index contributed by atoms with van der Waals surface area (Å²) in [5.41, 5.74) is 1.99. The van der Waals surface area contributed by atoms with Crippen LogP contribution in [0.25, 0.3) is 5.52 Å². The van der Waals surface area contributed by atoms with Crippen LogP contribution >= 0.6 is 7.75 Å². The fraction of sp³-hybridized carbons (Fsp3) is 0.483. The highest BCUT2D eigenvalue weighted by molar-refractivity contribution is 7.52. The Morgan fingerprint density at radius 1 is 1.18 bits per heavy atom. The van der Waals surface area contributed by atoms with Crippen LogP contribution in [0.1, 0.15) is 47.2 Å². The maximum atomic E-state index is 14.1. The maximum Gasteiger partial charge on any atom is 0.459 e. The molecular weight excluding hydrogens is 607 g/mol. The molecule has 4 rings (SSSR count). The third-order valence-corrected chi connectivity index (χ3v) is 8.73. The molecule has 6 unspecified atom stereocenters. The number of benzene rings is 1. The first kappa shape index (κ1) is 33.8. The zero-order chi connectivity index (χ0) is 33.2. The first-order valence-corrected chi connectivity index (χ1v) is 15.8. The molecule has 0 spiro atoms. The molecule has 2 aromatic heterocycles. The number of nitrogen functional groups attached to an aromatic ring is 1. The van der Waals surface area contributed by atoms with E-state index in [4.69, 9.17) is 29.0 Å². The minimum absolute atomic E-state index is 0.0686. The number of nitriles is 1. The first-order chi connectivity index (χ1) is 21.1. The summed E-state index contributed by atoms with van der Waals surface area (Å²) in [5, 5.41) is 29.3. The summed E-state index contributed by atoms with van der Waals surface area (Å²) >= 11 is 0. The van der Waals surface area contributed by atoms with Gasteiger partial charge >= 0.3 is 19.7 Å². The number of para-hydroxylation sites is 1. The predicted molar refractivity (Wildman–Crippen MR) is 159 cm³/mol. The number of carbonyl (C=O) groups excluding carboxylic acids is 2. The molecule has 0 saturated carbocycles. The number of ether oxygens (including phenoxy) is 3. The number of carbonyl (C=O) groups is 2. The molecule has 1 aliphatic rings. The Balaban J connectivity index is 1.72. The van der Waals surface area contributed by atoms with Crippen LogP contribution in [-0.4, -0.2) is 68.2 Å². The van der Waals surface area contributed by atoms with Gasteiger partial charge in [0.2, 0.25) is 5.60 Å². The van der Waals surface area contributed by atoms with Gasteiger partial charge in [-0.15, -0.1) is 0 Å². The monoisotopic (exact) mass is 644 g/mol. The number of rotatable bonds is 12. The quantitative estimate of drug-likeness (QED) is 0.191. The number of anilines is 1. The van der Waals surface area contributed by atoms with Gasteiger partial charge in [0.05, 0.1) is 24.3 Å². The van der Waals surface area contributed by atoms with Gasteiger partial charge in [-0.3, -0.25) is 14.1 Å². The zero-order valence-electron chi connectivity index (χ0n) is 25.7. The largest absolute Gasteiger partial charge is 0.462 e. The molecule has 1 fully saturated rings. The normalized spacial score (nSPS) is 25.1. The Morgan fingerprint density at radius 3 is 2.49 bits per heavy atom. The summed E-state index contributed by atoms with van der Waals surface area (Å²) in [6.45, 7) is 8.60. The summed E-state index contributed by atoms with van der Waals surface area (Å²) in [5.74, 6) is -1.74. The van der Waals surface area contributed by atoms with Crippen LogP contribution in [-0.2, 0) is 38.5 Å². The minimum Gasteiger partial charge on any atom is -0.462 e. The van der Waals surface area contributed by atoms with Gasteiger partial charge in [-0.25, -0.2) is 14.1 Å². The molecule has 3 aromatic rings. The molecule has 0 bridgehead atoms. The molecule has 0 amide bonds. The lowest BCUT2D eigenvalue weighted by Crippen LogP contribution is -2.54. The Labute approximate surface area is 260 Å². The highest BCUT2D eigenvalue weighted by atomic mass is 31.2. The molecule has 4 N–H and O–H groups in total. The smallest absolute Gasteiger partial charge is 0.459 e. The number of esters is 2. The number of nitrogens with two attached hydrogens (primary N) is 1. The van der Waals surface area contributed by atoms with E-state index in [0.29, 0.717) is 5.52 Å². The molecule has 1 aromatic carbocycles. The number of hydrogen-bond donors (Lipinski definition) is 3. The van der Waals surface area contributed by atoms with Crippen molar-refractivity contribution in [2.75, 3.05) is 12.3 Å². The first-order valence-electron chi connectivity index (χ1n) is 14.2. The summed E-state index contributed by atoms with van der Waals surface area (Å²) < 4.78 is 44.0. The van der Waals surface area contributed by atoms with Gasteiger partial charge in [0.15, 0.2) is 11.9 Å². The lowest BCUT2D eigenvalue weighted by molar-refractivity contribution is -0.168. The lowest BCUT2D eigenvalue weighted by atomic mass is 9.80. The van der Waals surface area contributed by atoms with Gasteiger partial charge in [0.1, 0.15) is 41.4 Å². The number of aliphatic hydroxyl groups is 1. The number of aromatic nitrogens is 3. The average Bonchev–Trinajstić information content (AvgIpc) is 3.50. The summed E-state index contributed by atoms with van der Waals surface area (Å²) in [6, 6.07) is 12.0. The van der Waals surface area contributed by atoms with Gasteiger partial charge in [-0.2, -0.15) is 15.4 Å². The van der Waals surface area contributed by atoms with Crippen molar-refractivity contribution in [3.05, 3.63) is 54.5 Å². The second-order valence-corrected chi connectivity index (χ2v) is 13.0. The van der Waals surface area contributed by atoms with Crippen molar-refractivity contribution in [3.63, 3.8) is 0 Å². The van der Waals surface area contributed by atoms with E-state index in [1.807, 2.05) is 6.07 Å². The van der Waals surface area contributed by atoms with Gasteiger partial charge in [0.25, 0.3) is 0 Å². The van der Waals surface area contributed by atoms with Crippen LogP contribution in [0.4, 0.5) is 5.82 Å². The Hall–Kier alpha value is -4.06. The van der Waals surface area contributed by atoms with Crippen LogP contribution in [0, 0.1) is 17.2 Å². The minimum atomic E-state index is -4.40. The third-order valence-electron chi connectivity index (χ3n) is 7.08. The number of nitrogens with zero attached hydrogens (tertiary/aromatic N) is 4. The van der Waals surface area contributed by atoms with E-state index >= 15 is 0 Å². The molecule has 1 saturated heterocycles. The summed E-state index contributed by atoms with van der Waals surface area (Å²) in [7, 11) is -4.40. The van der Waals surface area contributed by atoms with Crippen molar-refractivity contribution in [3.8, 4) is 11.8 Å². The van der Waals surface area contributed by atoms with E-state index in [-0.39, 0.29) is 17.3 Å². The van der Waals surface area contributed by atoms with E-state index in [0.717, 1.165) is 0 Å². The lowest BCUT2D eigenvalue weighted by Gasteiger charge is -2.34. The topological polar surface area (TPSA) is 210 Å². The predicted octanol–water partition coefficient (Wildman–Crippen LogP) is 2.88. The summed E-state index contributed by atoms with van der Waals surface area (Å²) in [6.07, 6.45) is -2.15. The van der Waals surface area contributed by atoms with Gasteiger partial charge in [-0.1, -0.05) is 32.0 Å². The van der Waals surface area contributed by atoms with Crippen molar-refractivity contribution in [2.24, 2.45) is 5.92 Å². The molecule has 3 heterocycles. The standard InChI is InChI=1S/C29H37N6O9P/c1-17(2)26(36)42-24-22(43-29(15-30,28(24,6)38)23-13-12-21-25(31)32-16-33-35(21)23)14-40-45(39,44-20-10-8-7-9-11-20)34-19(5)27(37)41-18(3)4/h7-13,16-19,22,24,38H,14H2,1-6H3,(H,34,39)(H2,31,32,33).